The van der Waals surface area contributed by atoms with E-state index in [1.807, 2.05) is 6.92 Å². The van der Waals surface area contributed by atoms with Crippen molar-refractivity contribution in [1.29, 1.82) is 0 Å². The average molecular weight is 286 g/mol. The van der Waals surface area contributed by atoms with Crippen LogP contribution >= 0.6 is 0 Å². The smallest absolute Gasteiger partial charge is 0.309 e. The van der Waals surface area contributed by atoms with Crippen molar-refractivity contribution in [2.45, 2.75) is 78.6 Å². The molecule has 0 aromatic rings. The van der Waals surface area contributed by atoms with Crippen LogP contribution in [0.1, 0.15) is 78.6 Å². The Morgan fingerprint density at radius 3 is 2.00 bits per heavy atom. The van der Waals surface area contributed by atoms with Gasteiger partial charge in [0.25, 0.3) is 0 Å². The van der Waals surface area contributed by atoms with E-state index in [4.69, 9.17) is 5.11 Å². The molecule has 0 aromatic carbocycles. The second-order valence-corrected chi connectivity index (χ2v) is 6.06. The second kappa shape index (κ2) is 9.78. The molecule has 0 spiro atoms. The van der Waals surface area contributed by atoms with Crippen molar-refractivity contribution in [2.24, 2.45) is 11.3 Å². The Morgan fingerprint density at radius 2 is 1.55 bits per heavy atom. The van der Waals surface area contributed by atoms with Crippen molar-refractivity contribution in [1.82, 2.24) is 0 Å². The Kier molecular flexibility index (Phi) is 9.26. The third-order valence-electron chi connectivity index (χ3n) is 4.28. The molecule has 0 bridgehead atoms. The van der Waals surface area contributed by atoms with Gasteiger partial charge in [-0.15, -0.1) is 0 Å². The standard InChI is InChI=1S/C16H30O4/c1-4-13(5-2)12-16(3,15(19)20)11-9-7-6-8-10-14(17)18/h13H,4-12H2,1-3H3,(H,17,18)(H,19,20). The van der Waals surface area contributed by atoms with Crippen LogP contribution in [0.5, 0.6) is 0 Å². The van der Waals surface area contributed by atoms with Crippen LogP contribution in [0.3, 0.4) is 0 Å². The number of carboxylic acids is 2. The second-order valence-electron chi connectivity index (χ2n) is 6.06. The van der Waals surface area contributed by atoms with Crippen LogP contribution in [0.15, 0.2) is 0 Å². The number of carboxylic acid groups (broad SMARTS) is 2. The van der Waals surface area contributed by atoms with Crippen LogP contribution in [-0.2, 0) is 9.59 Å². The summed E-state index contributed by atoms with van der Waals surface area (Å²) in [5.41, 5.74) is -0.635. The van der Waals surface area contributed by atoms with Crippen LogP contribution in [0.2, 0.25) is 0 Å². The third-order valence-corrected chi connectivity index (χ3v) is 4.28. The van der Waals surface area contributed by atoms with Crippen molar-refractivity contribution >= 4 is 11.9 Å². The fourth-order valence-electron chi connectivity index (χ4n) is 2.66. The zero-order chi connectivity index (χ0) is 15.6. The minimum atomic E-state index is -0.755. The van der Waals surface area contributed by atoms with Crippen LogP contribution in [0.25, 0.3) is 0 Å². The highest BCUT2D eigenvalue weighted by Crippen LogP contribution is 2.35. The average Bonchev–Trinajstić information content (AvgIpc) is 2.39. The van der Waals surface area contributed by atoms with E-state index in [-0.39, 0.29) is 6.42 Å². The van der Waals surface area contributed by atoms with Gasteiger partial charge in [-0.3, -0.25) is 9.59 Å². The number of carbonyl (C=O) groups is 2. The van der Waals surface area contributed by atoms with Crippen molar-refractivity contribution < 1.29 is 19.8 Å². The summed E-state index contributed by atoms with van der Waals surface area (Å²) < 4.78 is 0. The topological polar surface area (TPSA) is 74.6 Å². The molecule has 1 atom stereocenters. The Balaban J connectivity index is 4.13. The highest BCUT2D eigenvalue weighted by Gasteiger charge is 2.34. The molecule has 118 valence electrons. The van der Waals surface area contributed by atoms with E-state index in [1.165, 1.54) is 0 Å². The number of hydrogen-bond acceptors (Lipinski definition) is 2. The zero-order valence-electron chi connectivity index (χ0n) is 13.2. The maximum Gasteiger partial charge on any atom is 0.309 e. The maximum atomic E-state index is 11.5. The van der Waals surface area contributed by atoms with Crippen LogP contribution in [0.4, 0.5) is 0 Å². The van der Waals surface area contributed by atoms with Crippen molar-refractivity contribution in [3.05, 3.63) is 0 Å². The predicted molar refractivity (Wildman–Crippen MR) is 79.8 cm³/mol. The molecule has 0 aliphatic rings. The Morgan fingerprint density at radius 1 is 1.00 bits per heavy atom. The quantitative estimate of drug-likeness (QED) is 0.524. The molecule has 0 saturated heterocycles. The Bertz CT molecular complexity index is 297. The zero-order valence-corrected chi connectivity index (χ0v) is 13.2. The van der Waals surface area contributed by atoms with Crippen LogP contribution in [-0.4, -0.2) is 22.2 Å². The molecule has 0 radical (unpaired) electrons. The molecule has 2 N–H and O–H groups in total. The summed E-state index contributed by atoms with van der Waals surface area (Å²) in [6.07, 6.45) is 7.02. The summed E-state index contributed by atoms with van der Waals surface area (Å²) in [7, 11) is 0. The predicted octanol–water partition coefficient (Wildman–Crippen LogP) is 4.33. The largest absolute Gasteiger partial charge is 0.481 e. The molecule has 1 unspecified atom stereocenters. The van der Waals surface area contributed by atoms with Crippen LogP contribution in [0, 0.1) is 11.3 Å². The van der Waals surface area contributed by atoms with Crippen molar-refractivity contribution in [3.63, 3.8) is 0 Å². The molecule has 4 heteroatoms. The molecule has 20 heavy (non-hydrogen) atoms. The van der Waals surface area contributed by atoms with Gasteiger partial charge >= 0.3 is 11.9 Å². The lowest BCUT2D eigenvalue weighted by Gasteiger charge is -2.28. The van der Waals surface area contributed by atoms with E-state index < -0.39 is 17.4 Å². The summed E-state index contributed by atoms with van der Waals surface area (Å²) >= 11 is 0. The molecular weight excluding hydrogens is 256 g/mol. The van der Waals surface area contributed by atoms with Gasteiger partial charge in [0.1, 0.15) is 0 Å². The SMILES string of the molecule is CCC(CC)CC(C)(CCCCCCC(=O)O)C(=O)O. The van der Waals surface area contributed by atoms with Gasteiger partial charge in [0, 0.05) is 6.42 Å². The Labute approximate surface area is 122 Å². The number of aliphatic carboxylic acids is 2. The van der Waals surface area contributed by atoms with Gasteiger partial charge in [0.05, 0.1) is 5.41 Å². The highest BCUT2D eigenvalue weighted by molar-refractivity contribution is 5.74. The van der Waals surface area contributed by atoms with Gasteiger partial charge in [-0.05, 0) is 32.1 Å². The minimum absolute atomic E-state index is 0.212. The first-order valence-corrected chi connectivity index (χ1v) is 7.81. The molecular formula is C16H30O4. The van der Waals surface area contributed by atoms with Gasteiger partial charge in [0.15, 0.2) is 0 Å². The van der Waals surface area contributed by atoms with Gasteiger partial charge in [-0.2, -0.15) is 0 Å². The Hall–Kier alpha value is -1.06. The summed E-state index contributed by atoms with van der Waals surface area (Å²) in [4.78, 5) is 21.9. The molecule has 0 fully saturated rings. The number of rotatable bonds is 12. The lowest BCUT2D eigenvalue weighted by Crippen LogP contribution is -2.30. The van der Waals surface area contributed by atoms with Gasteiger partial charge in [0.2, 0.25) is 0 Å². The van der Waals surface area contributed by atoms with Gasteiger partial charge < -0.3 is 10.2 Å². The minimum Gasteiger partial charge on any atom is -0.481 e. The molecule has 0 aliphatic heterocycles. The summed E-state index contributed by atoms with van der Waals surface area (Å²) in [5.74, 6) is -0.979. The van der Waals surface area contributed by atoms with E-state index in [9.17, 15) is 14.7 Å². The van der Waals surface area contributed by atoms with E-state index in [2.05, 4.69) is 13.8 Å². The van der Waals surface area contributed by atoms with E-state index in [0.29, 0.717) is 18.8 Å². The fraction of sp³-hybridized carbons (Fsp3) is 0.875. The fourth-order valence-corrected chi connectivity index (χ4v) is 2.66. The normalized spacial score (nSPS) is 14.2. The van der Waals surface area contributed by atoms with E-state index >= 15 is 0 Å². The van der Waals surface area contributed by atoms with Crippen LogP contribution < -0.4 is 0 Å². The van der Waals surface area contributed by atoms with E-state index in [1.54, 1.807) is 0 Å². The van der Waals surface area contributed by atoms with E-state index in [0.717, 1.165) is 38.5 Å². The lowest BCUT2D eigenvalue weighted by molar-refractivity contribution is -0.149. The molecule has 0 aromatic heterocycles. The first kappa shape index (κ1) is 18.9. The summed E-state index contributed by atoms with van der Waals surface area (Å²) in [5, 5.41) is 18.0. The van der Waals surface area contributed by atoms with Crippen molar-refractivity contribution in [2.75, 3.05) is 0 Å². The summed E-state index contributed by atoms with van der Waals surface area (Å²) in [6.45, 7) is 6.08. The highest BCUT2D eigenvalue weighted by atomic mass is 16.4. The van der Waals surface area contributed by atoms with Crippen molar-refractivity contribution in [3.8, 4) is 0 Å². The van der Waals surface area contributed by atoms with Gasteiger partial charge in [-0.1, -0.05) is 46.0 Å². The molecule has 0 saturated carbocycles. The third kappa shape index (κ3) is 7.51. The maximum absolute atomic E-state index is 11.5. The summed E-state index contributed by atoms with van der Waals surface area (Å²) in [6, 6.07) is 0. The van der Waals surface area contributed by atoms with Gasteiger partial charge in [-0.25, -0.2) is 0 Å². The molecule has 0 heterocycles. The molecule has 0 aliphatic carbocycles. The number of unbranched alkanes of at least 4 members (excludes halogenated alkanes) is 3. The molecule has 0 amide bonds. The molecule has 4 nitrogen and oxygen atoms in total. The first-order chi connectivity index (χ1) is 9.35. The number of hydrogen-bond donors (Lipinski definition) is 2. The molecule has 0 rings (SSSR count). The first-order valence-electron chi connectivity index (χ1n) is 7.81. The monoisotopic (exact) mass is 286 g/mol. The lowest BCUT2D eigenvalue weighted by atomic mass is 9.75.